The van der Waals surface area contributed by atoms with Gasteiger partial charge in [-0.2, -0.15) is 22.8 Å². The van der Waals surface area contributed by atoms with Crippen molar-refractivity contribution in [3.05, 3.63) is 34.9 Å². The summed E-state index contributed by atoms with van der Waals surface area (Å²) in [7, 11) is 0. The summed E-state index contributed by atoms with van der Waals surface area (Å²) in [5.41, 5.74) is -1.44. The summed E-state index contributed by atoms with van der Waals surface area (Å²) in [6, 6.07) is 0. The summed E-state index contributed by atoms with van der Waals surface area (Å²) in [5, 5.41) is 8.22. The third kappa shape index (κ3) is 2.22. The van der Waals surface area contributed by atoms with Crippen LogP contribution in [0.1, 0.15) is 5.82 Å². The van der Waals surface area contributed by atoms with Gasteiger partial charge in [-0.05, 0) is 0 Å². The number of hydrogen-bond acceptors (Lipinski definition) is 4. The molecule has 0 amide bonds. The van der Waals surface area contributed by atoms with E-state index in [1.807, 2.05) is 0 Å². The highest BCUT2D eigenvalue weighted by molar-refractivity contribution is 7.19. The van der Waals surface area contributed by atoms with Crippen LogP contribution in [0.25, 0.3) is 15.5 Å². The SMILES string of the molecule is Fc1c(F)c(F)c(-c2nn3c(C(F)(F)F)nnc3s2)c(F)c1F. The summed E-state index contributed by atoms with van der Waals surface area (Å²) in [4.78, 5) is -0.531. The fraction of sp³-hybridized carbons (Fsp3) is 0.100. The Hall–Kier alpha value is -2.31. The summed E-state index contributed by atoms with van der Waals surface area (Å²) < 4.78 is 104. The number of nitrogens with zero attached hydrogens (tertiary/aromatic N) is 4. The Morgan fingerprint density at radius 3 is 1.83 bits per heavy atom. The first kappa shape index (κ1) is 15.6. The van der Waals surface area contributed by atoms with Crippen LogP contribution in [0, 0.1) is 29.1 Å². The van der Waals surface area contributed by atoms with Crippen LogP contribution >= 0.6 is 11.3 Å². The fourth-order valence-electron chi connectivity index (χ4n) is 1.69. The average Bonchev–Trinajstić information content (AvgIpc) is 3.02. The summed E-state index contributed by atoms with van der Waals surface area (Å²) in [6.07, 6.45) is -4.97. The number of alkyl halides is 3. The predicted molar refractivity (Wildman–Crippen MR) is 58.9 cm³/mol. The van der Waals surface area contributed by atoms with E-state index in [2.05, 4.69) is 15.3 Å². The average molecular weight is 360 g/mol. The van der Waals surface area contributed by atoms with E-state index in [0.717, 1.165) is 0 Å². The molecule has 0 aliphatic rings. The highest BCUT2D eigenvalue weighted by Gasteiger charge is 2.39. The second kappa shape index (κ2) is 4.84. The molecule has 0 saturated heterocycles. The number of aromatic nitrogens is 4. The summed E-state index contributed by atoms with van der Waals surface area (Å²) >= 11 is 0.181. The van der Waals surface area contributed by atoms with E-state index in [1.54, 1.807) is 0 Å². The highest BCUT2D eigenvalue weighted by Crippen LogP contribution is 2.35. The van der Waals surface area contributed by atoms with Crippen molar-refractivity contribution in [2.24, 2.45) is 0 Å². The lowest BCUT2D eigenvalue weighted by Crippen LogP contribution is -2.11. The van der Waals surface area contributed by atoms with Crippen LogP contribution < -0.4 is 0 Å². The van der Waals surface area contributed by atoms with E-state index < -0.39 is 56.6 Å². The van der Waals surface area contributed by atoms with E-state index >= 15 is 0 Å². The molecule has 0 fully saturated rings. The molecule has 1 aromatic carbocycles. The molecule has 0 aliphatic carbocycles. The maximum Gasteiger partial charge on any atom is 0.453 e. The molecule has 0 N–H and O–H groups in total. The highest BCUT2D eigenvalue weighted by atomic mass is 32.1. The largest absolute Gasteiger partial charge is 0.453 e. The number of fused-ring (bicyclic) bond motifs is 1. The van der Waals surface area contributed by atoms with Gasteiger partial charge < -0.3 is 0 Å². The fourth-order valence-corrected chi connectivity index (χ4v) is 2.56. The van der Waals surface area contributed by atoms with Gasteiger partial charge in [0.1, 0.15) is 0 Å². The van der Waals surface area contributed by atoms with Crippen molar-refractivity contribution >= 4 is 16.3 Å². The minimum absolute atomic E-state index is 0.109. The molecule has 2 heterocycles. The van der Waals surface area contributed by atoms with E-state index in [9.17, 15) is 35.1 Å². The lowest BCUT2D eigenvalue weighted by atomic mass is 10.2. The molecule has 0 unspecified atom stereocenters. The van der Waals surface area contributed by atoms with Crippen LogP contribution in [-0.2, 0) is 6.18 Å². The zero-order chi connectivity index (χ0) is 17.1. The summed E-state index contributed by atoms with van der Waals surface area (Å²) in [5.74, 6) is -12.9. The van der Waals surface area contributed by atoms with Crippen LogP contribution in [0.5, 0.6) is 0 Å². The van der Waals surface area contributed by atoms with Crippen molar-refractivity contribution in [1.82, 2.24) is 19.8 Å². The number of benzene rings is 1. The molecule has 13 heteroatoms. The van der Waals surface area contributed by atoms with Crippen LogP contribution in [0.3, 0.4) is 0 Å². The van der Waals surface area contributed by atoms with Gasteiger partial charge in [0.05, 0.1) is 5.56 Å². The van der Waals surface area contributed by atoms with Gasteiger partial charge in [0.15, 0.2) is 28.3 Å². The second-order valence-corrected chi connectivity index (χ2v) is 5.02. The Bertz CT molecular complexity index is 898. The zero-order valence-corrected chi connectivity index (χ0v) is 11.0. The maximum atomic E-state index is 13.6. The van der Waals surface area contributed by atoms with Gasteiger partial charge in [-0.1, -0.05) is 11.3 Å². The standard InChI is InChI=1S/C10F8N4S/c11-2-1(3(12)5(14)6(15)4(2)13)7-21-22-8(10(16,17)18)19-20-9(22)23-7. The number of hydrogen-bond donors (Lipinski definition) is 0. The van der Waals surface area contributed by atoms with E-state index in [4.69, 9.17) is 0 Å². The first-order chi connectivity index (χ1) is 10.6. The van der Waals surface area contributed by atoms with Crippen molar-refractivity contribution in [1.29, 1.82) is 0 Å². The molecule has 0 radical (unpaired) electrons. The Morgan fingerprint density at radius 1 is 0.783 bits per heavy atom. The Kier molecular flexibility index (Phi) is 3.28. The van der Waals surface area contributed by atoms with Crippen LogP contribution in [0.4, 0.5) is 35.1 Å². The van der Waals surface area contributed by atoms with Crippen LogP contribution in [0.15, 0.2) is 0 Å². The molecule has 0 spiro atoms. The van der Waals surface area contributed by atoms with Gasteiger partial charge in [-0.25, -0.2) is 22.0 Å². The monoisotopic (exact) mass is 360 g/mol. The Balaban J connectivity index is 2.29. The molecule has 3 rings (SSSR count). The molecular formula is C10F8N4S. The van der Waals surface area contributed by atoms with Gasteiger partial charge in [0.2, 0.25) is 10.8 Å². The maximum absolute atomic E-state index is 13.6. The topological polar surface area (TPSA) is 43.1 Å². The van der Waals surface area contributed by atoms with Crippen LogP contribution in [-0.4, -0.2) is 19.8 Å². The van der Waals surface area contributed by atoms with Gasteiger partial charge >= 0.3 is 6.18 Å². The zero-order valence-electron chi connectivity index (χ0n) is 10.2. The van der Waals surface area contributed by atoms with Crippen molar-refractivity contribution in [3.63, 3.8) is 0 Å². The number of rotatable bonds is 1. The normalized spacial score (nSPS) is 12.3. The van der Waals surface area contributed by atoms with Crippen molar-refractivity contribution in [2.45, 2.75) is 6.18 Å². The third-order valence-corrected chi connectivity index (χ3v) is 3.58. The van der Waals surface area contributed by atoms with Gasteiger partial charge in [0.25, 0.3) is 5.82 Å². The van der Waals surface area contributed by atoms with E-state index in [-0.39, 0.29) is 15.9 Å². The third-order valence-electron chi connectivity index (χ3n) is 2.67. The minimum Gasteiger partial charge on any atom is -0.203 e. The van der Waals surface area contributed by atoms with E-state index in [1.165, 1.54) is 0 Å². The molecular weight excluding hydrogens is 360 g/mol. The predicted octanol–water partition coefficient (Wildman–Crippen LogP) is 3.57. The molecule has 0 bridgehead atoms. The van der Waals surface area contributed by atoms with Crippen LogP contribution in [0.2, 0.25) is 0 Å². The lowest BCUT2D eigenvalue weighted by molar-refractivity contribution is -0.146. The molecule has 0 atom stereocenters. The van der Waals surface area contributed by atoms with Crippen molar-refractivity contribution in [3.8, 4) is 10.6 Å². The lowest BCUT2D eigenvalue weighted by Gasteiger charge is -2.05. The molecule has 4 nitrogen and oxygen atoms in total. The Labute approximate surface area is 124 Å². The van der Waals surface area contributed by atoms with Crippen molar-refractivity contribution < 1.29 is 35.1 Å². The van der Waals surface area contributed by atoms with Gasteiger partial charge in [-0.3, -0.25) is 0 Å². The van der Waals surface area contributed by atoms with Gasteiger partial charge in [-0.15, -0.1) is 10.2 Å². The minimum atomic E-state index is -4.97. The quantitative estimate of drug-likeness (QED) is 0.379. The van der Waals surface area contributed by atoms with Gasteiger partial charge in [0, 0.05) is 0 Å². The molecule has 23 heavy (non-hydrogen) atoms. The molecule has 3 aromatic rings. The summed E-state index contributed by atoms with van der Waals surface area (Å²) in [6.45, 7) is 0. The smallest absolute Gasteiger partial charge is 0.203 e. The Morgan fingerprint density at radius 2 is 1.30 bits per heavy atom. The van der Waals surface area contributed by atoms with Crippen molar-refractivity contribution in [2.75, 3.05) is 0 Å². The molecule has 0 saturated carbocycles. The molecule has 122 valence electrons. The van der Waals surface area contributed by atoms with E-state index in [0.29, 0.717) is 0 Å². The first-order valence-corrected chi connectivity index (χ1v) is 6.25. The molecule has 2 aromatic heterocycles. The number of halogens is 8. The molecule has 0 aliphatic heterocycles. The second-order valence-electron chi connectivity index (χ2n) is 4.07. The first-order valence-electron chi connectivity index (χ1n) is 5.44.